The van der Waals surface area contributed by atoms with Gasteiger partial charge < -0.3 is 0 Å². The lowest BCUT2D eigenvalue weighted by Gasteiger charge is -2.11. The van der Waals surface area contributed by atoms with Crippen LogP contribution in [0.2, 0.25) is 0 Å². The summed E-state index contributed by atoms with van der Waals surface area (Å²) >= 11 is 0. The first kappa shape index (κ1) is 14.2. The number of hydrogen-bond acceptors (Lipinski definition) is 1. The highest BCUT2D eigenvalue weighted by Gasteiger charge is 2.30. The highest BCUT2D eigenvalue weighted by atomic mass is 19.4. The van der Waals surface area contributed by atoms with Crippen LogP contribution in [-0.4, -0.2) is 5.78 Å². The van der Waals surface area contributed by atoms with Crippen LogP contribution in [0.3, 0.4) is 0 Å². The third kappa shape index (κ3) is 2.71. The number of benzene rings is 2. The molecular weight excluding hydrogens is 272 g/mol. The molecule has 0 aromatic heterocycles. The fourth-order valence-corrected chi connectivity index (χ4v) is 1.99. The lowest BCUT2D eigenvalue weighted by molar-refractivity contribution is -0.137. The number of ketones is 1. The second-order valence-corrected chi connectivity index (χ2v) is 4.30. The smallest absolute Gasteiger partial charge is 0.294 e. The quantitative estimate of drug-likeness (QED) is 0.575. The first-order valence-corrected chi connectivity index (χ1v) is 5.78. The van der Waals surface area contributed by atoms with Crippen molar-refractivity contribution < 1.29 is 22.4 Å². The maximum Gasteiger partial charge on any atom is 0.416 e. The van der Waals surface area contributed by atoms with Gasteiger partial charge in [-0.05, 0) is 36.2 Å². The fourth-order valence-electron chi connectivity index (χ4n) is 1.99. The number of hydrogen-bond donors (Lipinski definition) is 0. The van der Waals surface area contributed by atoms with Gasteiger partial charge in [-0.25, -0.2) is 4.39 Å². The zero-order chi connectivity index (χ0) is 14.9. The molecule has 0 fully saturated rings. The first-order chi connectivity index (χ1) is 9.30. The van der Waals surface area contributed by atoms with Gasteiger partial charge >= 0.3 is 6.18 Å². The van der Waals surface area contributed by atoms with E-state index >= 15 is 0 Å². The molecular formula is C15H10F4O. The minimum absolute atomic E-state index is 0.156. The van der Waals surface area contributed by atoms with E-state index in [1.807, 2.05) is 0 Å². The predicted molar refractivity (Wildman–Crippen MR) is 66.8 cm³/mol. The largest absolute Gasteiger partial charge is 0.416 e. The Labute approximate surface area is 112 Å². The van der Waals surface area contributed by atoms with Gasteiger partial charge in [0.1, 0.15) is 5.82 Å². The van der Waals surface area contributed by atoms with Crippen LogP contribution in [0, 0.1) is 5.82 Å². The lowest BCUT2D eigenvalue weighted by atomic mass is 9.95. The van der Waals surface area contributed by atoms with Gasteiger partial charge in [0, 0.05) is 0 Å². The summed E-state index contributed by atoms with van der Waals surface area (Å²) < 4.78 is 51.7. The highest BCUT2D eigenvalue weighted by Crippen LogP contribution is 2.33. The molecule has 0 N–H and O–H groups in total. The van der Waals surface area contributed by atoms with Crippen molar-refractivity contribution in [2.45, 2.75) is 13.1 Å². The minimum atomic E-state index is -4.49. The predicted octanol–water partition coefficient (Wildman–Crippen LogP) is 4.71. The Balaban J connectivity index is 2.64. The number of alkyl halides is 3. The van der Waals surface area contributed by atoms with Crippen LogP contribution in [0.1, 0.15) is 22.8 Å². The highest BCUT2D eigenvalue weighted by molar-refractivity contribution is 6.01. The van der Waals surface area contributed by atoms with Crippen molar-refractivity contribution in [1.29, 1.82) is 0 Å². The first-order valence-electron chi connectivity index (χ1n) is 5.78. The molecule has 0 aliphatic rings. The normalized spacial score (nSPS) is 11.4. The SMILES string of the molecule is CC(=O)c1c(F)cccc1-c1cccc(C(F)(F)F)c1. The molecule has 104 valence electrons. The molecule has 0 radical (unpaired) electrons. The van der Waals surface area contributed by atoms with Gasteiger partial charge in [-0.3, -0.25) is 4.79 Å². The van der Waals surface area contributed by atoms with Crippen molar-refractivity contribution >= 4 is 5.78 Å². The molecule has 2 aromatic rings. The van der Waals surface area contributed by atoms with E-state index in [-0.39, 0.29) is 16.7 Å². The van der Waals surface area contributed by atoms with Gasteiger partial charge in [-0.1, -0.05) is 24.3 Å². The zero-order valence-electron chi connectivity index (χ0n) is 10.5. The summed E-state index contributed by atoms with van der Waals surface area (Å²) in [5.74, 6) is -1.28. The maximum absolute atomic E-state index is 13.7. The summed E-state index contributed by atoms with van der Waals surface area (Å²) in [4.78, 5) is 11.5. The summed E-state index contributed by atoms with van der Waals surface area (Å²) in [5.41, 5.74) is -0.728. The van der Waals surface area contributed by atoms with Crippen molar-refractivity contribution in [3.63, 3.8) is 0 Å². The molecule has 2 rings (SSSR count). The molecule has 0 spiro atoms. The Morgan fingerprint density at radius 2 is 1.70 bits per heavy atom. The van der Waals surface area contributed by atoms with Crippen LogP contribution in [-0.2, 0) is 6.18 Å². The van der Waals surface area contributed by atoms with Gasteiger partial charge in [0.15, 0.2) is 5.78 Å². The van der Waals surface area contributed by atoms with Crippen molar-refractivity contribution in [2.75, 3.05) is 0 Å². The van der Waals surface area contributed by atoms with Crippen LogP contribution in [0.15, 0.2) is 42.5 Å². The fraction of sp³-hybridized carbons (Fsp3) is 0.133. The van der Waals surface area contributed by atoms with Gasteiger partial charge in [0.25, 0.3) is 0 Å². The van der Waals surface area contributed by atoms with E-state index in [0.717, 1.165) is 18.2 Å². The standard InChI is InChI=1S/C15H10F4O/c1-9(20)14-12(6-3-7-13(14)16)10-4-2-5-11(8-10)15(17,18)19/h2-8H,1H3. The average Bonchev–Trinajstić information content (AvgIpc) is 2.37. The molecule has 0 aliphatic heterocycles. The molecule has 0 aliphatic carbocycles. The van der Waals surface area contributed by atoms with Crippen molar-refractivity contribution in [3.8, 4) is 11.1 Å². The Morgan fingerprint density at radius 3 is 2.30 bits per heavy atom. The minimum Gasteiger partial charge on any atom is -0.294 e. The molecule has 20 heavy (non-hydrogen) atoms. The Bertz CT molecular complexity index is 659. The third-order valence-corrected chi connectivity index (χ3v) is 2.87. The number of carbonyl (C=O) groups is 1. The zero-order valence-corrected chi connectivity index (χ0v) is 10.5. The van der Waals surface area contributed by atoms with Crippen LogP contribution in [0.4, 0.5) is 17.6 Å². The molecule has 0 heterocycles. The van der Waals surface area contributed by atoms with Crippen LogP contribution < -0.4 is 0 Å². The molecule has 0 unspecified atom stereocenters. The molecule has 0 saturated heterocycles. The topological polar surface area (TPSA) is 17.1 Å². The van der Waals surface area contributed by atoms with E-state index < -0.39 is 23.3 Å². The molecule has 2 aromatic carbocycles. The molecule has 1 nitrogen and oxygen atoms in total. The Hall–Kier alpha value is -2.17. The van der Waals surface area contributed by atoms with Gasteiger partial charge in [-0.2, -0.15) is 13.2 Å². The number of carbonyl (C=O) groups excluding carboxylic acids is 1. The van der Waals surface area contributed by atoms with Crippen LogP contribution >= 0.6 is 0 Å². The summed E-state index contributed by atoms with van der Waals surface area (Å²) in [7, 11) is 0. The van der Waals surface area contributed by atoms with Crippen molar-refractivity contribution in [1.82, 2.24) is 0 Å². The van der Waals surface area contributed by atoms with Crippen LogP contribution in [0.25, 0.3) is 11.1 Å². The molecule has 0 atom stereocenters. The number of Topliss-reactive ketones (excluding diaryl/α,β-unsaturated/α-hetero) is 1. The summed E-state index contributed by atoms with van der Waals surface area (Å²) in [6.07, 6.45) is -4.49. The second kappa shape index (κ2) is 5.07. The molecule has 0 saturated carbocycles. The Morgan fingerprint density at radius 1 is 1.05 bits per heavy atom. The molecule has 0 bridgehead atoms. The van der Waals surface area contributed by atoms with E-state index in [1.165, 1.54) is 31.2 Å². The van der Waals surface area contributed by atoms with Gasteiger partial charge in [-0.15, -0.1) is 0 Å². The van der Waals surface area contributed by atoms with Gasteiger partial charge in [0.05, 0.1) is 11.1 Å². The lowest BCUT2D eigenvalue weighted by Crippen LogP contribution is -2.05. The second-order valence-electron chi connectivity index (χ2n) is 4.30. The van der Waals surface area contributed by atoms with E-state index in [0.29, 0.717) is 0 Å². The maximum atomic E-state index is 13.7. The van der Waals surface area contributed by atoms with E-state index in [2.05, 4.69) is 0 Å². The van der Waals surface area contributed by atoms with Crippen molar-refractivity contribution in [2.24, 2.45) is 0 Å². The van der Waals surface area contributed by atoms with E-state index in [1.54, 1.807) is 0 Å². The molecule has 0 amide bonds. The number of halogens is 4. The monoisotopic (exact) mass is 282 g/mol. The average molecular weight is 282 g/mol. The number of rotatable bonds is 2. The summed E-state index contributed by atoms with van der Waals surface area (Å²) in [5, 5.41) is 0. The summed E-state index contributed by atoms with van der Waals surface area (Å²) in [6, 6.07) is 8.36. The van der Waals surface area contributed by atoms with E-state index in [9.17, 15) is 22.4 Å². The van der Waals surface area contributed by atoms with Gasteiger partial charge in [0.2, 0.25) is 0 Å². The third-order valence-electron chi connectivity index (χ3n) is 2.87. The summed E-state index contributed by atoms with van der Waals surface area (Å²) in [6.45, 7) is 1.18. The Kier molecular flexibility index (Phi) is 3.61. The van der Waals surface area contributed by atoms with E-state index in [4.69, 9.17) is 0 Å². The van der Waals surface area contributed by atoms with Crippen molar-refractivity contribution in [3.05, 3.63) is 59.4 Å². The molecule has 5 heteroatoms. The van der Waals surface area contributed by atoms with Crippen LogP contribution in [0.5, 0.6) is 0 Å².